The van der Waals surface area contributed by atoms with Crippen molar-refractivity contribution in [3.8, 4) is 0 Å². The number of hydrogen-bond donors (Lipinski definition) is 3. The quantitative estimate of drug-likeness (QED) is 0.474. The van der Waals surface area contributed by atoms with Gasteiger partial charge in [0.25, 0.3) is 0 Å². The van der Waals surface area contributed by atoms with Gasteiger partial charge in [-0.3, -0.25) is 0 Å². The van der Waals surface area contributed by atoms with Crippen molar-refractivity contribution in [3.05, 3.63) is 65.5 Å². The maximum absolute atomic E-state index is 12.9. The van der Waals surface area contributed by atoms with E-state index in [1.165, 1.54) is 19.2 Å². The van der Waals surface area contributed by atoms with Gasteiger partial charge in [0.2, 0.25) is 10.0 Å². The average Bonchev–Trinajstić information content (AvgIpc) is 2.68. The molecule has 0 aliphatic heterocycles. The minimum atomic E-state index is -3.47. The molecule has 27 heavy (non-hydrogen) atoms. The van der Waals surface area contributed by atoms with Gasteiger partial charge in [0, 0.05) is 13.1 Å². The van der Waals surface area contributed by atoms with E-state index in [4.69, 9.17) is 0 Å². The molecule has 0 bridgehead atoms. The fourth-order valence-corrected chi connectivity index (χ4v) is 3.22. The molecule has 2 rings (SSSR count). The second-order valence-corrected chi connectivity index (χ2v) is 7.74. The lowest BCUT2D eigenvalue weighted by molar-refractivity contribution is 0.588. The first-order valence-electron chi connectivity index (χ1n) is 8.73. The number of sulfonamides is 1. The van der Waals surface area contributed by atoms with Gasteiger partial charge in [-0.05, 0) is 55.8 Å². The first kappa shape index (κ1) is 20.9. The second-order valence-electron chi connectivity index (χ2n) is 5.85. The fraction of sp³-hybridized carbons (Fsp3) is 0.316. The Kier molecular flexibility index (Phi) is 7.75. The molecule has 8 heteroatoms. The van der Waals surface area contributed by atoms with Crippen molar-refractivity contribution in [3.63, 3.8) is 0 Å². The molecule has 3 N–H and O–H groups in total. The molecule has 146 valence electrons. The molecule has 0 heterocycles. The Balaban J connectivity index is 1.98. The zero-order valence-corrected chi connectivity index (χ0v) is 16.3. The normalized spacial score (nSPS) is 12.0. The van der Waals surface area contributed by atoms with Gasteiger partial charge < -0.3 is 10.6 Å². The number of aliphatic imine (C=N–C) groups is 1. The Morgan fingerprint density at radius 2 is 1.81 bits per heavy atom. The summed E-state index contributed by atoms with van der Waals surface area (Å²) >= 11 is 0. The van der Waals surface area contributed by atoms with Gasteiger partial charge in [-0.1, -0.05) is 24.3 Å². The van der Waals surface area contributed by atoms with Gasteiger partial charge in [-0.15, -0.1) is 0 Å². The van der Waals surface area contributed by atoms with Crippen LogP contribution in [0, 0.1) is 5.82 Å². The zero-order chi connectivity index (χ0) is 19.7. The van der Waals surface area contributed by atoms with Crippen molar-refractivity contribution in [2.24, 2.45) is 4.99 Å². The van der Waals surface area contributed by atoms with Crippen LogP contribution in [-0.2, 0) is 23.0 Å². The van der Waals surface area contributed by atoms with E-state index in [0.717, 1.165) is 17.5 Å². The number of rotatable bonds is 8. The number of halogens is 1. The van der Waals surface area contributed by atoms with Crippen LogP contribution in [0.5, 0.6) is 0 Å². The Morgan fingerprint density at radius 3 is 2.48 bits per heavy atom. The van der Waals surface area contributed by atoms with Crippen LogP contribution in [0.4, 0.5) is 4.39 Å². The fourth-order valence-electron chi connectivity index (χ4n) is 2.42. The monoisotopic (exact) mass is 392 g/mol. The van der Waals surface area contributed by atoms with Crippen molar-refractivity contribution in [1.29, 1.82) is 0 Å². The molecule has 0 aliphatic rings. The summed E-state index contributed by atoms with van der Waals surface area (Å²) in [6.07, 6.45) is 0.737. The molecule has 0 amide bonds. The van der Waals surface area contributed by atoms with Crippen LogP contribution in [-0.4, -0.2) is 34.5 Å². The van der Waals surface area contributed by atoms with E-state index in [1.807, 2.05) is 13.0 Å². The second kappa shape index (κ2) is 10.0. The van der Waals surface area contributed by atoms with Crippen LogP contribution in [0.3, 0.4) is 0 Å². The molecule has 0 aromatic heterocycles. The van der Waals surface area contributed by atoms with Gasteiger partial charge in [-0.2, -0.15) is 0 Å². The van der Waals surface area contributed by atoms with Gasteiger partial charge in [0.05, 0.1) is 11.4 Å². The van der Waals surface area contributed by atoms with E-state index in [9.17, 15) is 12.8 Å². The Morgan fingerprint density at radius 1 is 1.07 bits per heavy atom. The van der Waals surface area contributed by atoms with E-state index in [-0.39, 0.29) is 10.7 Å². The van der Waals surface area contributed by atoms with Crippen LogP contribution >= 0.6 is 0 Å². The number of hydrogen-bond acceptors (Lipinski definition) is 3. The molecule has 0 radical (unpaired) electrons. The number of nitrogens with zero attached hydrogens (tertiary/aromatic N) is 1. The molecule has 0 saturated carbocycles. The van der Waals surface area contributed by atoms with Gasteiger partial charge in [-0.25, -0.2) is 22.5 Å². The van der Waals surface area contributed by atoms with Crippen molar-refractivity contribution >= 4 is 16.0 Å². The summed E-state index contributed by atoms with van der Waals surface area (Å²) in [5.41, 5.74) is 1.83. The molecule has 2 aromatic rings. The molecular formula is C19H25FN4O2S. The molecule has 0 aliphatic carbocycles. The predicted octanol–water partition coefficient (Wildman–Crippen LogP) is 2.03. The highest BCUT2D eigenvalue weighted by Crippen LogP contribution is 2.12. The van der Waals surface area contributed by atoms with Crippen molar-refractivity contribution in [1.82, 2.24) is 15.4 Å². The third kappa shape index (κ3) is 6.65. The van der Waals surface area contributed by atoms with Gasteiger partial charge in [0.15, 0.2) is 5.96 Å². The summed E-state index contributed by atoms with van der Waals surface area (Å²) < 4.78 is 39.0. The topological polar surface area (TPSA) is 82.6 Å². The van der Waals surface area contributed by atoms with Crippen molar-refractivity contribution in [2.45, 2.75) is 24.8 Å². The zero-order valence-electron chi connectivity index (χ0n) is 15.5. The smallest absolute Gasteiger partial charge is 0.240 e. The number of nitrogens with one attached hydrogen (secondary N) is 3. The molecule has 0 atom stereocenters. The van der Waals surface area contributed by atoms with Crippen LogP contribution < -0.4 is 15.4 Å². The van der Waals surface area contributed by atoms with E-state index in [0.29, 0.717) is 25.6 Å². The lowest BCUT2D eigenvalue weighted by atomic mass is 10.1. The van der Waals surface area contributed by atoms with Crippen LogP contribution in [0.15, 0.2) is 58.4 Å². The first-order valence-corrected chi connectivity index (χ1v) is 10.2. The molecular weight excluding hydrogens is 367 g/mol. The highest BCUT2D eigenvalue weighted by atomic mass is 32.2. The number of benzene rings is 2. The van der Waals surface area contributed by atoms with E-state index in [2.05, 4.69) is 20.3 Å². The third-order valence-electron chi connectivity index (χ3n) is 3.86. The predicted molar refractivity (Wildman–Crippen MR) is 106 cm³/mol. The Bertz CT molecular complexity index is 868. The summed E-state index contributed by atoms with van der Waals surface area (Å²) in [7, 11) is -2.09. The summed E-state index contributed by atoms with van der Waals surface area (Å²) in [6, 6.07) is 13.1. The first-order chi connectivity index (χ1) is 12.9. The SMILES string of the molecule is CCNC(=NCc1cccc(S(=O)(=O)NC)c1)NCCc1ccc(F)cc1. The largest absolute Gasteiger partial charge is 0.357 e. The number of guanidine groups is 1. The molecule has 2 aromatic carbocycles. The molecule has 6 nitrogen and oxygen atoms in total. The Labute approximate surface area is 160 Å². The highest BCUT2D eigenvalue weighted by molar-refractivity contribution is 7.89. The standard InChI is InChI=1S/C19H25FN4O2S/c1-3-22-19(23-12-11-15-7-9-17(20)10-8-15)24-14-16-5-4-6-18(13-16)27(25,26)21-2/h4-10,13,21H,3,11-12,14H2,1-2H3,(H2,22,23,24). The molecule has 0 fully saturated rings. The average molecular weight is 393 g/mol. The van der Waals surface area contributed by atoms with Gasteiger partial charge in [0.1, 0.15) is 5.82 Å². The highest BCUT2D eigenvalue weighted by Gasteiger charge is 2.11. The van der Waals surface area contributed by atoms with Crippen molar-refractivity contribution < 1.29 is 12.8 Å². The van der Waals surface area contributed by atoms with Crippen LogP contribution in [0.2, 0.25) is 0 Å². The molecule has 0 saturated heterocycles. The summed E-state index contributed by atoms with van der Waals surface area (Å²) in [4.78, 5) is 4.71. The summed E-state index contributed by atoms with van der Waals surface area (Å²) in [5.74, 6) is 0.394. The summed E-state index contributed by atoms with van der Waals surface area (Å²) in [6.45, 7) is 3.67. The minimum Gasteiger partial charge on any atom is -0.357 e. The van der Waals surface area contributed by atoms with Gasteiger partial charge >= 0.3 is 0 Å². The lowest BCUT2D eigenvalue weighted by Gasteiger charge is -2.11. The van der Waals surface area contributed by atoms with Crippen molar-refractivity contribution in [2.75, 3.05) is 20.1 Å². The van der Waals surface area contributed by atoms with E-state index in [1.54, 1.807) is 30.3 Å². The van der Waals surface area contributed by atoms with E-state index < -0.39 is 10.0 Å². The molecule has 0 unspecified atom stereocenters. The Hall–Kier alpha value is -2.45. The lowest BCUT2D eigenvalue weighted by Crippen LogP contribution is -2.38. The maximum Gasteiger partial charge on any atom is 0.240 e. The molecule has 0 spiro atoms. The minimum absolute atomic E-state index is 0.215. The summed E-state index contributed by atoms with van der Waals surface area (Å²) in [5, 5.41) is 6.38. The van der Waals surface area contributed by atoms with Crippen LogP contribution in [0.25, 0.3) is 0 Å². The third-order valence-corrected chi connectivity index (χ3v) is 5.27. The van der Waals surface area contributed by atoms with E-state index >= 15 is 0 Å². The van der Waals surface area contributed by atoms with Crippen LogP contribution in [0.1, 0.15) is 18.1 Å². The maximum atomic E-state index is 12.9.